The van der Waals surface area contributed by atoms with Crippen molar-refractivity contribution in [3.05, 3.63) is 59.3 Å². The summed E-state index contributed by atoms with van der Waals surface area (Å²) in [6.07, 6.45) is 1.06. The van der Waals surface area contributed by atoms with Crippen LogP contribution < -0.4 is 10.1 Å². The smallest absolute Gasteiger partial charge is 0.213 e. The summed E-state index contributed by atoms with van der Waals surface area (Å²) in [4.78, 5) is 4.54. The summed E-state index contributed by atoms with van der Waals surface area (Å²) in [5.41, 5.74) is 3.61. The molecule has 0 bridgehead atoms. The molecule has 0 aliphatic carbocycles. The van der Waals surface area contributed by atoms with Crippen molar-refractivity contribution in [3.63, 3.8) is 0 Å². The van der Waals surface area contributed by atoms with Gasteiger partial charge in [0, 0.05) is 12.6 Å². The number of fused-ring (bicyclic) bond motifs is 1. The predicted octanol–water partition coefficient (Wildman–Crippen LogP) is 2.31. The molecule has 2 heterocycles. The van der Waals surface area contributed by atoms with E-state index in [1.807, 2.05) is 24.3 Å². The van der Waals surface area contributed by atoms with Gasteiger partial charge in [0.15, 0.2) is 0 Å². The number of nitrogens with zero attached hydrogens (tertiary/aromatic N) is 1. The quantitative estimate of drug-likeness (QED) is 0.894. The Morgan fingerprint density at radius 3 is 2.89 bits per heavy atom. The van der Waals surface area contributed by atoms with Gasteiger partial charge in [-0.1, -0.05) is 36.4 Å². The second kappa shape index (κ2) is 5.19. The minimum atomic E-state index is 0.569. The highest BCUT2D eigenvalue weighted by molar-refractivity contribution is 5.28. The van der Waals surface area contributed by atoms with Crippen LogP contribution in [0.15, 0.2) is 42.5 Å². The van der Waals surface area contributed by atoms with Gasteiger partial charge in [0.2, 0.25) is 5.88 Å². The van der Waals surface area contributed by atoms with E-state index in [2.05, 4.69) is 28.5 Å². The van der Waals surface area contributed by atoms with Crippen molar-refractivity contribution >= 4 is 0 Å². The third kappa shape index (κ3) is 2.51. The highest BCUT2D eigenvalue weighted by atomic mass is 16.5. The van der Waals surface area contributed by atoms with Crippen LogP contribution in [-0.4, -0.2) is 11.5 Å². The first-order valence-electron chi connectivity index (χ1n) is 6.28. The van der Waals surface area contributed by atoms with E-state index in [4.69, 9.17) is 4.74 Å². The monoisotopic (exact) mass is 240 g/mol. The number of benzene rings is 1. The molecule has 3 rings (SSSR count). The van der Waals surface area contributed by atoms with Crippen LogP contribution in [0.1, 0.15) is 16.8 Å². The summed E-state index contributed by atoms with van der Waals surface area (Å²) in [5, 5.41) is 3.32. The van der Waals surface area contributed by atoms with E-state index in [-0.39, 0.29) is 0 Å². The lowest BCUT2D eigenvalue weighted by molar-refractivity contribution is 0.292. The number of rotatable bonds is 3. The summed E-state index contributed by atoms with van der Waals surface area (Å²) in [6.45, 7) is 2.46. The number of aromatic nitrogens is 1. The topological polar surface area (TPSA) is 34.1 Å². The standard InChI is InChI=1S/C15H16N2O/c1-2-4-12(5-3-1)11-18-15-7-6-13-8-9-16-10-14(13)17-15/h1-7,16H,8-11H2. The molecule has 1 N–H and O–H groups in total. The van der Waals surface area contributed by atoms with E-state index in [9.17, 15) is 0 Å². The molecule has 0 unspecified atom stereocenters. The molecule has 0 atom stereocenters. The van der Waals surface area contributed by atoms with Crippen LogP contribution >= 0.6 is 0 Å². The van der Waals surface area contributed by atoms with Crippen molar-refractivity contribution in [3.8, 4) is 5.88 Å². The van der Waals surface area contributed by atoms with E-state index >= 15 is 0 Å². The molecule has 0 saturated carbocycles. The van der Waals surface area contributed by atoms with E-state index in [0.717, 1.165) is 30.8 Å². The van der Waals surface area contributed by atoms with Gasteiger partial charge in [-0.3, -0.25) is 0 Å². The Morgan fingerprint density at radius 2 is 2.00 bits per heavy atom. The van der Waals surface area contributed by atoms with Crippen LogP contribution in [0.2, 0.25) is 0 Å². The van der Waals surface area contributed by atoms with Gasteiger partial charge in [-0.2, -0.15) is 0 Å². The lowest BCUT2D eigenvalue weighted by Gasteiger charge is -2.16. The molecule has 1 aliphatic rings. The molecule has 1 aliphatic heterocycles. The minimum Gasteiger partial charge on any atom is -0.473 e. The molecule has 2 aromatic rings. The molecule has 0 amide bonds. The number of ether oxygens (including phenoxy) is 1. The zero-order valence-corrected chi connectivity index (χ0v) is 10.2. The number of hydrogen-bond donors (Lipinski definition) is 1. The van der Waals surface area contributed by atoms with Crippen LogP contribution in [0.5, 0.6) is 5.88 Å². The minimum absolute atomic E-state index is 0.569. The average molecular weight is 240 g/mol. The predicted molar refractivity (Wildman–Crippen MR) is 70.4 cm³/mol. The highest BCUT2D eigenvalue weighted by Gasteiger charge is 2.10. The maximum atomic E-state index is 5.72. The van der Waals surface area contributed by atoms with Gasteiger partial charge in [-0.05, 0) is 24.1 Å². The van der Waals surface area contributed by atoms with Gasteiger partial charge in [0.05, 0.1) is 5.69 Å². The first kappa shape index (κ1) is 11.2. The van der Waals surface area contributed by atoms with E-state index in [1.54, 1.807) is 0 Å². The van der Waals surface area contributed by atoms with Crippen molar-refractivity contribution in [2.24, 2.45) is 0 Å². The molecule has 3 heteroatoms. The van der Waals surface area contributed by atoms with Gasteiger partial charge in [-0.25, -0.2) is 4.98 Å². The molecule has 0 radical (unpaired) electrons. The van der Waals surface area contributed by atoms with Crippen molar-refractivity contribution in [1.29, 1.82) is 0 Å². The number of pyridine rings is 1. The molecule has 3 nitrogen and oxygen atoms in total. The van der Waals surface area contributed by atoms with Crippen LogP contribution in [0, 0.1) is 0 Å². The Hall–Kier alpha value is -1.87. The van der Waals surface area contributed by atoms with Gasteiger partial charge in [0.1, 0.15) is 6.61 Å². The van der Waals surface area contributed by atoms with E-state index in [0.29, 0.717) is 12.5 Å². The summed E-state index contributed by atoms with van der Waals surface area (Å²) >= 11 is 0. The molecular formula is C15H16N2O. The van der Waals surface area contributed by atoms with Crippen LogP contribution in [0.3, 0.4) is 0 Å². The Balaban J connectivity index is 1.70. The molecule has 0 saturated heterocycles. The third-order valence-electron chi connectivity index (χ3n) is 3.14. The zero-order valence-electron chi connectivity index (χ0n) is 10.2. The Labute approximate surface area is 107 Å². The molecule has 92 valence electrons. The maximum Gasteiger partial charge on any atom is 0.213 e. The molecule has 18 heavy (non-hydrogen) atoms. The van der Waals surface area contributed by atoms with Crippen molar-refractivity contribution < 1.29 is 4.74 Å². The largest absolute Gasteiger partial charge is 0.473 e. The Kier molecular flexibility index (Phi) is 3.24. The van der Waals surface area contributed by atoms with Gasteiger partial charge in [-0.15, -0.1) is 0 Å². The van der Waals surface area contributed by atoms with Crippen molar-refractivity contribution in [2.45, 2.75) is 19.6 Å². The summed E-state index contributed by atoms with van der Waals surface area (Å²) in [5.74, 6) is 0.710. The molecular weight excluding hydrogens is 224 g/mol. The lowest BCUT2D eigenvalue weighted by Crippen LogP contribution is -2.24. The SMILES string of the molecule is c1ccc(COc2ccc3c(n2)CNCC3)cc1. The third-order valence-corrected chi connectivity index (χ3v) is 3.14. The van der Waals surface area contributed by atoms with Gasteiger partial charge < -0.3 is 10.1 Å². The molecule has 0 spiro atoms. The summed E-state index contributed by atoms with van der Waals surface area (Å²) < 4.78 is 5.72. The van der Waals surface area contributed by atoms with E-state index < -0.39 is 0 Å². The van der Waals surface area contributed by atoms with Crippen LogP contribution in [0.25, 0.3) is 0 Å². The van der Waals surface area contributed by atoms with Crippen LogP contribution in [0.4, 0.5) is 0 Å². The lowest BCUT2D eigenvalue weighted by atomic mass is 10.1. The van der Waals surface area contributed by atoms with E-state index in [1.165, 1.54) is 5.56 Å². The first-order chi connectivity index (χ1) is 8.92. The summed E-state index contributed by atoms with van der Waals surface area (Å²) in [7, 11) is 0. The fourth-order valence-corrected chi connectivity index (χ4v) is 2.13. The van der Waals surface area contributed by atoms with Gasteiger partial charge >= 0.3 is 0 Å². The Bertz CT molecular complexity index is 525. The maximum absolute atomic E-state index is 5.72. The zero-order chi connectivity index (χ0) is 12.2. The fraction of sp³-hybridized carbons (Fsp3) is 0.267. The fourth-order valence-electron chi connectivity index (χ4n) is 2.13. The van der Waals surface area contributed by atoms with Crippen molar-refractivity contribution in [2.75, 3.05) is 6.54 Å². The first-order valence-corrected chi connectivity index (χ1v) is 6.28. The summed E-state index contributed by atoms with van der Waals surface area (Å²) in [6, 6.07) is 14.2. The van der Waals surface area contributed by atoms with Crippen LogP contribution in [-0.2, 0) is 19.6 Å². The number of nitrogens with one attached hydrogen (secondary N) is 1. The average Bonchev–Trinajstić information content (AvgIpc) is 2.46. The normalized spacial score (nSPS) is 14.0. The molecule has 1 aromatic carbocycles. The van der Waals surface area contributed by atoms with Crippen molar-refractivity contribution in [1.82, 2.24) is 10.3 Å². The Morgan fingerprint density at radius 1 is 1.11 bits per heavy atom. The second-order valence-corrected chi connectivity index (χ2v) is 4.46. The van der Waals surface area contributed by atoms with Gasteiger partial charge in [0.25, 0.3) is 0 Å². The second-order valence-electron chi connectivity index (χ2n) is 4.46. The number of hydrogen-bond acceptors (Lipinski definition) is 3. The highest BCUT2D eigenvalue weighted by Crippen LogP contribution is 2.17. The molecule has 0 fully saturated rings. The molecule has 1 aromatic heterocycles.